The second kappa shape index (κ2) is 8.63. The summed E-state index contributed by atoms with van der Waals surface area (Å²) in [5.41, 5.74) is 2.48. The highest BCUT2D eigenvalue weighted by molar-refractivity contribution is 5.78. The lowest BCUT2D eigenvalue weighted by molar-refractivity contribution is 0.614. The third-order valence-electron chi connectivity index (χ3n) is 1.06. The minimum Gasteiger partial charge on any atom is -0.245 e. The summed E-state index contributed by atoms with van der Waals surface area (Å²) in [6.07, 6.45) is 3.47. The monoisotopic (exact) mass is 208 g/mol. The molecule has 0 radical (unpaired) electrons. The summed E-state index contributed by atoms with van der Waals surface area (Å²) in [6, 6.07) is 0. The normalized spacial score (nSPS) is 8.53. The van der Waals surface area contributed by atoms with Crippen LogP contribution in [0.15, 0.2) is 17.5 Å². The zero-order valence-electron chi connectivity index (χ0n) is 8.95. The molecule has 0 fully saturated rings. The zero-order chi connectivity index (χ0) is 11.5. The number of nitrogens with zero attached hydrogens (tertiary/aromatic N) is 3. The summed E-state index contributed by atoms with van der Waals surface area (Å²) in [7, 11) is 0. The van der Waals surface area contributed by atoms with Crippen LogP contribution in [-0.4, -0.2) is 16.2 Å². The number of anilines is 1. The summed E-state index contributed by atoms with van der Waals surface area (Å²) >= 11 is 0. The second-order valence-electron chi connectivity index (χ2n) is 1.99. The molecule has 4 nitrogen and oxygen atoms in total. The third-order valence-corrected chi connectivity index (χ3v) is 1.06. The number of rotatable bonds is 2. The fourth-order valence-corrected chi connectivity index (χ4v) is 0.557. The minimum atomic E-state index is -0.483. The van der Waals surface area contributed by atoms with Crippen LogP contribution < -0.4 is 5.43 Å². The van der Waals surface area contributed by atoms with Crippen LogP contribution in [0.4, 0.5) is 10.3 Å². The lowest BCUT2D eigenvalue weighted by atomic mass is 10.6. The van der Waals surface area contributed by atoms with E-state index >= 15 is 0 Å². The molecule has 1 aromatic heterocycles. The molecule has 0 spiro atoms. The van der Waals surface area contributed by atoms with Crippen molar-refractivity contribution in [2.75, 3.05) is 5.43 Å². The molecule has 1 aromatic rings. The van der Waals surface area contributed by atoms with Crippen molar-refractivity contribution in [1.82, 2.24) is 9.97 Å². The number of hydrogen-bond acceptors (Lipinski definition) is 4. The Kier molecular flexibility index (Phi) is 7.50. The van der Waals surface area contributed by atoms with E-state index in [1.807, 2.05) is 13.8 Å². The van der Waals surface area contributed by atoms with E-state index in [1.165, 1.54) is 6.21 Å². The van der Waals surface area contributed by atoms with Crippen molar-refractivity contribution in [2.24, 2.45) is 5.10 Å². The lowest BCUT2D eigenvalue weighted by Gasteiger charge is -1.94. The first-order valence-electron chi connectivity index (χ1n) is 4.50. The Bertz CT molecular complexity index is 348. The smallest absolute Gasteiger partial charge is 0.243 e. The Morgan fingerprint density at radius 1 is 1.40 bits per heavy atom. The molecular formula is C10H13FN4. The maximum atomic E-state index is 12.3. The fraction of sp³-hybridized carbons (Fsp3) is 0.300. The van der Waals surface area contributed by atoms with Crippen molar-refractivity contribution in [3.63, 3.8) is 0 Å². The van der Waals surface area contributed by atoms with Gasteiger partial charge in [-0.15, -0.1) is 5.92 Å². The number of nitrogens with one attached hydrogen (secondary N) is 1. The van der Waals surface area contributed by atoms with Crippen LogP contribution in [0.2, 0.25) is 0 Å². The van der Waals surface area contributed by atoms with Crippen molar-refractivity contribution in [3.05, 3.63) is 18.2 Å². The highest BCUT2D eigenvalue weighted by Gasteiger charge is 1.92. The molecule has 1 N–H and O–H groups in total. The highest BCUT2D eigenvalue weighted by Crippen LogP contribution is 1.96. The molecule has 0 atom stereocenters. The predicted octanol–water partition coefficient (Wildman–Crippen LogP) is 2.06. The van der Waals surface area contributed by atoms with E-state index in [2.05, 4.69) is 32.3 Å². The van der Waals surface area contributed by atoms with Crippen LogP contribution in [0.25, 0.3) is 0 Å². The summed E-state index contributed by atoms with van der Waals surface area (Å²) in [5, 5.41) is 3.66. The molecule has 0 saturated heterocycles. The van der Waals surface area contributed by atoms with Crippen molar-refractivity contribution in [2.45, 2.75) is 20.8 Å². The maximum Gasteiger partial charge on any atom is 0.243 e. The van der Waals surface area contributed by atoms with Crippen molar-refractivity contribution in [3.8, 4) is 11.8 Å². The van der Waals surface area contributed by atoms with E-state index in [9.17, 15) is 4.39 Å². The molecule has 0 aliphatic carbocycles. The molecule has 0 amide bonds. The molecule has 15 heavy (non-hydrogen) atoms. The summed E-state index contributed by atoms with van der Waals surface area (Å²) in [5.74, 6) is 4.97. The maximum absolute atomic E-state index is 12.3. The van der Waals surface area contributed by atoms with Gasteiger partial charge in [0.25, 0.3) is 0 Å². The van der Waals surface area contributed by atoms with Gasteiger partial charge in [-0.05, 0) is 6.92 Å². The number of aromatic nitrogens is 2. The van der Waals surface area contributed by atoms with Crippen LogP contribution in [0.3, 0.4) is 0 Å². The van der Waals surface area contributed by atoms with Gasteiger partial charge in [0.2, 0.25) is 5.95 Å². The van der Waals surface area contributed by atoms with Gasteiger partial charge in [0.1, 0.15) is 0 Å². The third kappa shape index (κ3) is 6.16. The Morgan fingerprint density at radius 2 is 2.00 bits per heavy atom. The van der Waals surface area contributed by atoms with Gasteiger partial charge in [-0.25, -0.2) is 19.8 Å². The average molecular weight is 208 g/mol. The summed E-state index contributed by atoms with van der Waals surface area (Å²) < 4.78 is 12.3. The fourth-order valence-electron chi connectivity index (χ4n) is 0.557. The second-order valence-corrected chi connectivity index (χ2v) is 1.99. The molecular weight excluding hydrogens is 195 g/mol. The Balaban J connectivity index is 0.000000921. The van der Waals surface area contributed by atoms with Crippen molar-refractivity contribution in [1.29, 1.82) is 0 Å². The Labute approximate surface area is 88.6 Å². The van der Waals surface area contributed by atoms with E-state index in [-0.39, 0.29) is 5.95 Å². The Morgan fingerprint density at radius 3 is 2.53 bits per heavy atom. The van der Waals surface area contributed by atoms with E-state index in [0.717, 1.165) is 12.4 Å². The summed E-state index contributed by atoms with van der Waals surface area (Å²) in [6.45, 7) is 5.69. The van der Waals surface area contributed by atoms with Gasteiger partial charge in [-0.1, -0.05) is 19.8 Å². The molecule has 80 valence electrons. The average Bonchev–Trinajstić information content (AvgIpc) is 2.30. The predicted molar refractivity (Wildman–Crippen MR) is 58.9 cm³/mol. The van der Waals surface area contributed by atoms with Crippen molar-refractivity contribution < 1.29 is 4.39 Å². The van der Waals surface area contributed by atoms with E-state index in [0.29, 0.717) is 0 Å². The molecule has 0 unspecified atom stereocenters. The first kappa shape index (κ1) is 13.0. The molecule has 1 rings (SSSR count). The molecule has 0 aliphatic heterocycles. The highest BCUT2D eigenvalue weighted by atomic mass is 19.1. The molecule has 5 heteroatoms. The van der Waals surface area contributed by atoms with E-state index in [4.69, 9.17) is 0 Å². The van der Waals surface area contributed by atoms with E-state index < -0.39 is 5.82 Å². The number of hydrogen-bond donors (Lipinski definition) is 1. The molecule has 0 saturated carbocycles. The number of halogens is 1. The van der Waals surface area contributed by atoms with E-state index in [1.54, 1.807) is 6.92 Å². The van der Waals surface area contributed by atoms with Gasteiger partial charge < -0.3 is 0 Å². The minimum absolute atomic E-state index is 0.232. The van der Waals surface area contributed by atoms with Gasteiger partial charge in [0.05, 0.1) is 18.6 Å². The molecule has 0 aromatic carbocycles. The largest absolute Gasteiger partial charge is 0.245 e. The SMILES string of the molecule is CC.CC#C/C=N/Nc1ncc(F)cn1. The molecule has 1 heterocycles. The van der Waals surface area contributed by atoms with Crippen LogP contribution in [0.5, 0.6) is 0 Å². The summed E-state index contributed by atoms with van der Waals surface area (Å²) in [4.78, 5) is 7.23. The van der Waals surface area contributed by atoms with Gasteiger partial charge in [-0.3, -0.25) is 0 Å². The van der Waals surface area contributed by atoms with Crippen LogP contribution in [0.1, 0.15) is 20.8 Å². The van der Waals surface area contributed by atoms with Gasteiger partial charge in [0.15, 0.2) is 5.82 Å². The van der Waals surface area contributed by atoms with Crippen LogP contribution >= 0.6 is 0 Å². The quantitative estimate of drug-likeness (QED) is 0.460. The van der Waals surface area contributed by atoms with Crippen molar-refractivity contribution >= 4 is 12.2 Å². The van der Waals surface area contributed by atoms with Gasteiger partial charge in [0, 0.05) is 0 Å². The molecule has 0 bridgehead atoms. The first-order chi connectivity index (χ1) is 7.33. The zero-order valence-corrected chi connectivity index (χ0v) is 8.95. The van der Waals surface area contributed by atoms with Gasteiger partial charge >= 0.3 is 0 Å². The standard InChI is InChI=1S/C8H7FN4.C2H6/c1-2-3-4-12-13-8-10-5-7(9)6-11-8;1-2/h4-6H,1H3,(H,10,11,13);1-2H3/b12-4+;. The Hall–Kier alpha value is -1.96. The van der Waals surface area contributed by atoms with Crippen LogP contribution in [0, 0.1) is 17.7 Å². The van der Waals surface area contributed by atoms with Crippen LogP contribution in [-0.2, 0) is 0 Å². The first-order valence-corrected chi connectivity index (χ1v) is 4.50. The lowest BCUT2D eigenvalue weighted by Crippen LogP contribution is -1.95. The molecule has 0 aliphatic rings. The van der Waals surface area contributed by atoms with Gasteiger partial charge in [-0.2, -0.15) is 5.10 Å². The topological polar surface area (TPSA) is 50.2 Å². The number of hydrazone groups is 1.